The standard InChI is InChI=1S/C25H28Cl2N4OS/c1-14(2)22-28-23(21-17-6-4-15(3)12-20(17)33-24(21)29-22)30-8-10-31(11-9-30)25(32)16-5-7-18(26)19(27)13-16/h5,7,13-15H,4,6,8-12H2,1-3H3/t15-/m1/s1. The van der Waals surface area contributed by atoms with E-state index >= 15 is 0 Å². The maximum absolute atomic E-state index is 13.0. The third-order valence-corrected chi connectivity index (χ3v) is 8.59. The molecule has 0 unspecified atom stereocenters. The molecule has 1 saturated heterocycles. The Labute approximate surface area is 208 Å². The molecule has 1 fully saturated rings. The number of aryl methyl sites for hydroxylation is 1. The Balaban J connectivity index is 1.43. The SMILES string of the molecule is CC(C)c1nc(N2CCN(C(=O)c3ccc(Cl)c(Cl)c3)CC2)c2c3c(sc2n1)C[C@H](C)CC3. The molecular weight excluding hydrogens is 475 g/mol. The number of fused-ring (bicyclic) bond motifs is 3. The average molecular weight is 503 g/mol. The number of carbonyl (C=O) groups excluding carboxylic acids is 1. The fourth-order valence-electron chi connectivity index (χ4n) is 4.76. The molecule has 1 aromatic carbocycles. The van der Waals surface area contributed by atoms with E-state index < -0.39 is 0 Å². The predicted octanol–water partition coefficient (Wildman–Crippen LogP) is 6.21. The highest BCUT2D eigenvalue weighted by molar-refractivity contribution is 7.19. The number of thiophene rings is 1. The van der Waals surface area contributed by atoms with Gasteiger partial charge in [0.15, 0.2) is 0 Å². The Kier molecular flexibility index (Phi) is 6.27. The van der Waals surface area contributed by atoms with Crippen LogP contribution in [-0.2, 0) is 12.8 Å². The van der Waals surface area contributed by atoms with Crippen molar-refractivity contribution in [3.05, 3.63) is 50.1 Å². The Hall–Kier alpha value is -1.89. The number of benzene rings is 1. The van der Waals surface area contributed by atoms with Crippen molar-refractivity contribution in [3.63, 3.8) is 0 Å². The van der Waals surface area contributed by atoms with Gasteiger partial charge in [-0.2, -0.15) is 0 Å². The molecule has 33 heavy (non-hydrogen) atoms. The highest BCUT2D eigenvalue weighted by atomic mass is 35.5. The third-order valence-electron chi connectivity index (χ3n) is 6.70. The molecule has 2 aromatic heterocycles. The summed E-state index contributed by atoms with van der Waals surface area (Å²) in [6, 6.07) is 5.07. The van der Waals surface area contributed by atoms with Crippen molar-refractivity contribution in [2.75, 3.05) is 31.1 Å². The van der Waals surface area contributed by atoms with E-state index in [4.69, 9.17) is 33.2 Å². The summed E-state index contributed by atoms with van der Waals surface area (Å²) >= 11 is 14.0. The summed E-state index contributed by atoms with van der Waals surface area (Å²) in [4.78, 5) is 29.9. The molecule has 2 aliphatic rings. The first kappa shape index (κ1) is 22.9. The quantitative estimate of drug-likeness (QED) is 0.427. The van der Waals surface area contributed by atoms with Gasteiger partial charge in [-0.3, -0.25) is 4.79 Å². The molecule has 8 heteroatoms. The lowest BCUT2D eigenvalue weighted by Gasteiger charge is -2.36. The molecule has 0 spiro atoms. The summed E-state index contributed by atoms with van der Waals surface area (Å²) in [5, 5.41) is 2.11. The lowest BCUT2D eigenvalue weighted by atomic mass is 9.89. The zero-order valence-corrected chi connectivity index (χ0v) is 21.5. The topological polar surface area (TPSA) is 49.3 Å². The number of halogens is 2. The van der Waals surface area contributed by atoms with Crippen LogP contribution in [0.15, 0.2) is 18.2 Å². The van der Waals surface area contributed by atoms with Gasteiger partial charge in [0.2, 0.25) is 0 Å². The second-order valence-corrected chi connectivity index (χ2v) is 11.4. The van der Waals surface area contributed by atoms with Crippen LogP contribution in [-0.4, -0.2) is 47.0 Å². The van der Waals surface area contributed by atoms with Crippen LogP contribution in [0.3, 0.4) is 0 Å². The summed E-state index contributed by atoms with van der Waals surface area (Å²) in [5.74, 6) is 2.94. The fraction of sp³-hybridized carbons (Fsp3) is 0.480. The zero-order valence-electron chi connectivity index (χ0n) is 19.2. The highest BCUT2D eigenvalue weighted by Gasteiger charge is 2.29. The number of hydrogen-bond donors (Lipinski definition) is 0. The number of amides is 1. The lowest BCUT2D eigenvalue weighted by molar-refractivity contribution is 0.0746. The first-order valence-corrected chi connectivity index (χ1v) is 13.2. The molecule has 1 atom stereocenters. The maximum Gasteiger partial charge on any atom is 0.254 e. The maximum atomic E-state index is 13.0. The number of piperazine rings is 1. The molecule has 1 aliphatic carbocycles. The number of nitrogens with zero attached hydrogens (tertiary/aromatic N) is 4. The molecule has 5 rings (SSSR count). The third kappa shape index (κ3) is 4.33. The van der Waals surface area contributed by atoms with Crippen LogP contribution in [0.4, 0.5) is 5.82 Å². The molecule has 5 nitrogen and oxygen atoms in total. The Morgan fingerprint density at radius 2 is 1.88 bits per heavy atom. The molecule has 174 valence electrons. The second kappa shape index (κ2) is 9.05. The van der Waals surface area contributed by atoms with Gasteiger partial charge in [0.1, 0.15) is 16.5 Å². The molecule has 1 amide bonds. The van der Waals surface area contributed by atoms with Crippen LogP contribution in [0.1, 0.15) is 59.7 Å². The van der Waals surface area contributed by atoms with Gasteiger partial charge in [0.05, 0.1) is 15.4 Å². The second-order valence-electron chi connectivity index (χ2n) is 9.50. The van der Waals surface area contributed by atoms with Crippen LogP contribution >= 0.6 is 34.5 Å². The monoisotopic (exact) mass is 502 g/mol. The van der Waals surface area contributed by atoms with Gasteiger partial charge in [-0.25, -0.2) is 9.97 Å². The van der Waals surface area contributed by atoms with Crippen molar-refractivity contribution in [1.82, 2.24) is 14.9 Å². The van der Waals surface area contributed by atoms with Crippen LogP contribution < -0.4 is 4.90 Å². The summed E-state index contributed by atoms with van der Waals surface area (Å²) in [5.41, 5.74) is 2.03. The normalized spacial score (nSPS) is 18.8. The van der Waals surface area contributed by atoms with E-state index in [9.17, 15) is 4.79 Å². The van der Waals surface area contributed by atoms with Crippen molar-refractivity contribution >= 4 is 56.5 Å². The fourth-order valence-corrected chi connectivity index (χ4v) is 6.44. The van der Waals surface area contributed by atoms with Gasteiger partial charge in [-0.15, -0.1) is 11.3 Å². The number of carbonyl (C=O) groups is 1. The average Bonchev–Trinajstić information content (AvgIpc) is 3.17. The molecule has 0 bridgehead atoms. The summed E-state index contributed by atoms with van der Waals surface area (Å²) in [6.07, 6.45) is 3.46. The lowest BCUT2D eigenvalue weighted by Crippen LogP contribution is -2.49. The highest BCUT2D eigenvalue weighted by Crippen LogP contribution is 2.41. The van der Waals surface area contributed by atoms with E-state index in [0.29, 0.717) is 28.7 Å². The number of hydrogen-bond acceptors (Lipinski definition) is 5. The smallest absolute Gasteiger partial charge is 0.254 e. The minimum absolute atomic E-state index is 0.00850. The van der Waals surface area contributed by atoms with E-state index in [1.807, 2.05) is 16.2 Å². The molecule has 1 aliphatic heterocycles. The Morgan fingerprint density at radius 3 is 2.58 bits per heavy atom. The number of rotatable bonds is 3. The molecule has 0 N–H and O–H groups in total. The Morgan fingerprint density at radius 1 is 1.12 bits per heavy atom. The molecule has 0 saturated carbocycles. The summed E-state index contributed by atoms with van der Waals surface area (Å²) in [7, 11) is 0. The van der Waals surface area contributed by atoms with Gasteiger partial charge >= 0.3 is 0 Å². The van der Waals surface area contributed by atoms with Crippen LogP contribution in [0.5, 0.6) is 0 Å². The van der Waals surface area contributed by atoms with Gasteiger partial charge in [0, 0.05) is 42.5 Å². The number of aromatic nitrogens is 2. The van der Waals surface area contributed by atoms with Gasteiger partial charge in [0.25, 0.3) is 5.91 Å². The zero-order chi connectivity index (χ0) is 23.3. The van der Waals surface area contributed by atoms with E-state index in [1.165, 1.54) is 22.2 Å². The van der Waals surface area contributed by atoms with Crippen molar-refractivity contribution in [2.24, 2.45) is 5.92 Å². The van der Waals surface area contributed by atoms with Crippen molar-refractivity contribution < 1.29 is 4.79 Å². The van der Waals surface area contributed by atoms with Crippen LogP contribution in [0.2, 0.25) is 10.0 Å². The van der Waals surface area contributed by atoms with E-state index in [2.05, 4.69) is 25.7 Å². The van der Waals surface area contributed by atoms with Crippen LogP contribution in [0, 0.1) is 5.92 Å². The van der Waals surface area contributed by atoms with Crippen molar-refractivity contribution in [1.29, 1.82) is 0 Å². The van der Waals surface area contributed by atoms with E-state index in [1.54, 1.807) is 18.2 Å². The van der Waals surface area contributed by atoms with Gasteiger partial charge < -0.3 is 9.80 Å². The van der Waals surface area contributed by atoms with Crippen molar-refractivity contribution in [3.8, 4) is 0 Å². The van der Waals surface area contributed by atoms with E-state index in [0.717, 1.165) is 48.3 Å². The van der Waals surface area contributed by atoms with E-state index in [-0.39, 0.29) is 11.8 Å². The van der Waals surface area contributed by atoms with Crippen LogP contribution in [0.25, 0.3) is 10.2 Å². The molecule has 0 radical (unpaired) electrons. The first-order chi connectivity index (χ1) is 15.8. The first-order valence-electron chi connectivity index (χ1n) is 11.6. The minimum atomic E-state index is -0.00850. The van der Waals surface area contributed by atoms with Crippen molar-refractivity contribution in [2.45, 2.75) is 46.0 Å². The van der Waals surface area contributed by atoms with Gasteiger partial charge in [-0.1, -0.05) is 44.0 Å². The minimum Gasteiger partial charge on any atom is -0.352 e. The molecular formula is C25H28Cl2N4OS. The summed E-state index contributed by atoms with van der Waals surface area (Å²) in [6.45, 7) is 9.41. The summed E-state index contributed by atoms with van der Waals surface area (Å²) < 4.78 is 0. The molecule has 3 aromatic rings. The Bertz CT molecular complexity index is 1220. The predicted molar refractivity (Wildman–Crippen MR) is 137 cm³/mol. The number of anilines is 1. The van der Waals surface area contributed by atoms with Gasteiger partial charge in [-0.05, 0) is 48.9 Å². The largest absolute Gasteiger partial charge is 0.352 e. The molecule has 3 heterocycles.